The summed E-state index contributed by atoms with van der Waals surface area (Å²) in [6.07, 6.45) is 4.66. The van der Waals surface area contributed by atoms with Gasteiger partial charge in [0.25, 0.3) is 11.7 Å². The maximum Gasteiger partial charge on any atom is 0.296 e. The predicted molar refractivity (Wildman–Crippen MR) is 104 cm³/mol. The van der Waals surface area contributed by atoms with Crippen molar-refractivity contribution >= 4 is 17.4 Å². The second-order valence-electron chi connectivity index (χ2n) is 6.52. The third kappa shape index (κ3) is 3.38. The SMILES string of the molecule is COc1cccc(C(O)=C2C(=O)C(=O)N(Cc3ccco3)[C@@H]2c2ccncc2)c1. The molecule has 146 valence electrons. The normalized spacial score (nSPS) is 18.2. The van der Waals surface area contributed by atoms with Crippen LogP contribution in [-0.2, 0) is 16.1 Å². The van der Waals surface area contributed by atoms with E-state index in [-0.39, 0.29) is 17.9 Å². The van der Waals surface area contributed by atoms with E-state index < -0.39 is 17.7 Å². The number of pyridine rings is 1. The summed E-state index contributed by atoms with van der Waals surface area (Å²) in [6.45, 7) is 0.0967. The molecule has 1 amide bonds. The van der Waals surface area contributed by atoms with Crippen molar-refractivity contribution in [1.29, 1.82) is 0 Å². The Balaban J connectivity index is 1.86. The number of aromatic nitrogens is 1. The molecule has 7 heteroatoms. The van der Waals surface area contributed by atoms with E-state index in [1.807, 2.05) is 0 Å². The quantitative estimate of drug-likeness (QED) is 0.408. The Bertz CT molecular complexity index is 1070. The molecule has 1 fully saturated rings. The zero-order valence-electron chi connectivity index (χ0n) is 15.6. The number of methoxy groups -OCH3 is 1. The Kier molecular flexibility index (Phi) is 4.87. The minimum absolute atomic E-state index is 0.0148. The molecule has 2 aromatic heterocycles. The number of aliphatic hydroxyl groups excluding tert-OH is 1. The largest absolute Gasteiger partial charge is 0.507 e. The predicted octanol–water partition coefficient (Wildman–Crippen LogP) is 3.31. The third-order valence-corrected chi connectivity index (χ3v) is 4.81. The summed E-state index contributed by atoms with van der Waals surface area (Å²) in [6, 6.07) is 12.8. The molecule has 0 aliphatic carbocycles. The van der Waals surface area contributed by atoms with Crippen LogP contribution >= 0.6 is 0 Å². The van der Waals surface area contributed by atoms with E-state index in [0.717, 1.165) is 0 Å². The molecular weight excluding hydrogens is 372 g/mol. The van der Waals surface area contributed by atoms with Crippen LogP contribution in [0, 0.1) is 0 Å². The van der Waals surface area contributed by atoms with Gasteiger partial charge in [0.05, 0.1) is 31.5 Å². The van der Waals surface area contributed by atoms with Gasteiger partial charge in [-0.25, -0.2) is 0 Å². The first kappa shape index (κ1) is 18.5. The standard InChI is InChI=1S/C22H18N2O5/c1-28-16-5-2-4-15(12-16)20(25)18-19(14-7-9-23-10-8-14)24(22(27)21(18)26)13-17-6-3-11-29-17/h2-12,19,25H,13H2,1H3/t19-/m1/s1. The number of aliphatic hydroxyl groups is 1. The van der Waals surface area contributed by atoms with Gasteiger partial charge in [-0.3, -0.25) is 14.6 Å². The fourth-order valence-corrected chi connectivity index (χ4v) is 3.43. The van der Waals surface area contributed by atoms with Gasteiger partial charge in [-0.15, -0.1) is 0 Å². The average molecular weight is 390 g/mol. The molecule has 1 atom stereocenters. The second-order valence-corrected chi connectivity index (χ2v) is 6.52. The molecule has 1 saturated heterocycles. The van der Waals surface area contributed by atoms with Crippen LogP contribution < -0.4 is 4.74 Å². The van der Waals surface area contributed by atoms with E-state index in [2.05, 4.69) is 4.98 Å². The van der Waals surface area contributed by atoms with Crippen molar-refractivity contribution in [3.05, 3.63) is 89.6 Å². The number of nitrogens with zero attached hydrogens (tertiary/aromatic N) is 2. The van der Waals surface area contributed by atoms with Crippen molar-refractivity contribution in [2.75, 3.05) is 7.11 Å². The van der Waals surface area contributed by atoms with E-state index in [4.69, 9.17) is 9.15 Å². The van der Waals surface area contributed by atoms with Gasteiger partial charge in [-0.05, 0) is 42.0 Å². The number of furan rings is 1. The topological polar surface area (TPSA) is 92.9 Å². The maximum atomic E-state index is 12.9. The third-order valence-electron chi connectivity index (χ3n) is 4.81. The lowest BCUT2D eigenvalue weighted by molar-refractivity contribution is -0.140. The van der Waals surface area contributed by atoms with Crippen molar-refractivity contribution < 1.29 is 23.8 Å². The zero-order valence-corrected chi connectivity index (χ0v) is 15.6. The molecule has 0 saturated carbocycles. The van der Waals surface area contributed by atoms with Gasteiger partial charge in [0.1, 0.15) is 17.3 Å². The first-order chi connectivity index (χ1) is 14.1. The van der Waals surface area contributed by atoms with Crippen molar-refractivity contribution in [2.45, 2.75) is 12.6 Å². The number of amides is 1. The number of hydrogen-bond donors (Lipinski definition) is 1. The Morgan fingerprint density at radius 1 is 1.17 bits per heavy atom. The highest BCUT2D eigenvalue weighted by Gasteiger charge is 2.46. The molecule has 1 aromatic carbocycles. The molecule has 1 aliphatic heterocycles. The number of Topliss-reactive ketones (excluding diaryl/α,β-unsaturated/α-hetero) is 1. The van der Waals surface area contributed by atoms with Crippen LogP contribution in [0.2, 0.25) is 0 Å². The molecule has 4 rings (SSSR count). The number of ketones is 1. The molecule has 0 spiro atoms. The van der Waals surface area contributed by atoms with Crippen molar-refractivity contribution in [1.82, 2.24) is 9.88 Å². The fraction of sp³-hybridized carbons (Fsp3) is 0.136. The first-order valence-corrected chi connectivity index (χ1v) is 8.95. The molecule has 7 nitrogen and oxygen atoms in total. The second kappa shape index (κ2) is 7.63. The maximum absolute atomic E-state index is 12.9. The lowest BCUT2D eigenvalue weighted by atomic mass is 9.96. The Labute approximate surface area is 166 Å². The van der Waals surface area contributed by atoms with Crippen molar-refractivity contribution in [3.8, 4) is 5.75 Å². The highest BCUT2D eigenvalue weighted by molar-refractivity contribution is 6.46. The Morgan fingerprint density at radius 3 is 2.66 bits per heavy atom. The van der Waals surface area contributed by atoms with Gasteiger partial charge >= 0.3 is 0 Å². The van der Waals surface area contributed by atoms with E-state index in [0.29, 0.717) is 22.6 Å². The molecule has 1 aliphatic rings. The highest BCUT2D eigenvalue weighted by atomic mass is 16.5. The van der Waals surface area contributed by atoms with Gasteiger partial charge in [0.15, 0.2) is 0 Å². The van der Waals surface area contributed by atoms with Gasteiger partial charge in [-0.1, -0.05) is 12.1 Å². The molecule has 3 heterocycles. The van der Waals surface area contributed by atoms with E-state index in [1.54, 1.807) is 60.9 Å². The Hall–Kier alpha value is -3.87. The molecule has 3 aromatic rings. The highest BCUT2D eigenvalue weighted by Crippen LogP contribution is 2.40. The van der Waals surface area contributed by atoms with Gasteiger partial charge < -0.3 is 19.2 Å². The number of hydrogen-bond acceptors (Lipinski definition) is 6. The summed E-state index contributed by atoms with van der Waals surface area (Å²) in [5, 5.41) is 11.0. The van der Waals surface area contributed by atoms with Gasteiger partial charge in [0.2, 0.25) is 0 Å². The van der Waals surface area contributed by atoms with Crippen LogP contribution in [-0.4, -0.2) is 33.8 Å². The van der Waals surface area contributed by atoms with Crippen molar-refractivity contribution in [3.63, 3.8) is 0 Å². The fourth-order valence-electron chi connectivity index (χ4n) is 3.43. The lowest BCUT2D eigenvalue weighted by Gasteiger charge is -2.24. The average Bonchev–Trinajstić information content (AvgIpc) is 3.36. The number of carbonyl (C=O) groups is 2. The number of ether oxygens (including phenoxy) is 1. The van der Waals surface area contributed by atoms with Gasteiger partial charge in [0, 0.05) is 18.0 Å². The summed E-state index contributed by atoms with van der Waals surface area (Å²) in [7, 11) is 1.51. The van der Waals surface area contributed by atoms with Crippen LogP contribution in [0.25, 0.3) is 5.76 Å². The van der Waals surface area contributed by atoms with E-state index in [1.165, 1.54) is 18.3 Å². The lowest BCUT2D eigenvalue weighted by Crippen LogP contribution is -2.29. The van der Waals surface area contributed by atoms with E-state index >= 15 is 0 Å². The van der Waals surface area contributed by atoms with Crippen molar-refractivity contribution in [2.24, 2.45) is 0 Å². The molecular formula is C22H18N2O5. The van der Waals surface area contributed by atoms with Crippen LogP contribution in [0.1, 0.15) is 22.9 Å². The molecule has 29 heavy (non-hydrogen) atoms. The van der Waals surface area contributed by atoms with Crippen LogP contribution in [0.4, 0.5) is 0 Å². The minimum atomic E-state index is -0.769. The summed E-state index contributed by atoms with van der Waals surface area (Å²) in [5.74, 6) is -0.649. The monoisotopic (exact) mass is 390 g/mol. The minimum Gasteiger partial charge on any atom is -0.507 e. The summed E-state index contributed by atoms with van der Waals surface area (Å²) in [5.41, 5.74) is 1.07. The number of carbonyl (C=O) groups excluding carboxylic acids is 2. The molecule has 0 bridgehead atoms. The number of rotatable bonds is 5. The van der Waals surface area contributed by atoms with Crippen LogP contribution in [0.3, 0.4) is 0 Å². The summed E-state index contributed by atoms with van der Waals surface area (Å²) in [4.78, 5) is 31.1. The number of benzene rings is 1. The molecule has 0 radical (unpaired) electrons. The van der Waals surface area contributed by atoms with Crippen LogP contribution in [0.5, 0.6) is 5.75 Å². The molecule has 0 unspecified atom stereocenters. The van der Waals surface area contributed by atoms with Crippen LogP contribution in [0.15, 0.2) is 77.2 Å². The summed E-state index contributed by atoms with van der Waals surface area (Å²) >= 11 is 0. The summed E-state index contributed by atoms with van der Waals surface area (Å²) < 4.78 is 10.6. The van der Waals surface area contributed by atoms with E-state index in [9.17, 15) is 14.7 Å². The smallest absolute Gasteiger partial charge is 0.296 e. The zero-order chi connectivity index (χ0) is 20.4. The molecule has 1 N–H and O–H groups in total. The number of likely N-dealkylation sites (tertiary alicyclic amines) is 1. The Morgan fingerprint density at radius 2 is 1.97 bits per heavy atom. The van der Waals surface area contributed by atoms with Gasteiger partial charge in [-0.2, -0.15) is 0 Å². The first-order valence-electron chi connectivity index (χ1n) is 8.95.